The minimum atomic E-state index is -0.848. The summed E-state index contributed by atoms with van der Waals surface area (Å²) >= 11 is 1.39. The molecule has 0 saturated heterocycles. The summed E-state index contributed by atoms with van der Waals surface area (Å²) in [5.41, 5.74) is 7.04. The summed E-state index contributed by atoms with van der Waals surface area (Å²) in [6.07, 6.45) is 4.06. The second-order valence-corrected chi connectivity index (χ2v) is 8.15. The van der Waals surface area contributed by atoms with Crippen molar-refractivity contribution in [3.8, 4) is 0 Å². The van der Waals surface area contributed by atoms with Gasteiger partial charge in [0, 0.05) is 4.88 Å². The molecule has 0 radical (unpaired) electrons. The van der Waals surface area contributed by atoms with Gasteiger partial charge in [-0.05, 0) is 49.8 Å². The number of benzene rings is 1. The van der Waals surface area contributed by atoms with Gasteiger partial charge in [0.05, 0.1) is 10.9 Å². The van der Waals surface area contributed by atoms with Crippen LogP contribution in [0.25, 0.3) is 10.9 Å². The second kappa shape index (κ2) is 7.75. The highest BCUT2D eigenvalue weighted by Gasteiger charge is 2.28. The molecule has 29 heavy (non-hydrogen) atoms. The SMILES string of the molecule is CC[C@H](C(=O)Nc1sc2c(c1C(N)=O)CCCC2)n1nnc2ccccc2c1=O. The first-order chi connectivity index (χ1) is 14.0. The first kappa shape index (κ1) is 19.3. The fourth-order valence-electron chi connectivity index (χ4n) is 3.79. The number of aryl methyl sites for hydroxylation is 1. The van der Waals surface area contributed by atoms with Crippen LogP contribution in [0.5, 0.6) is 0 Å². The number of nitrogens with two attached hydrogens (primary N) is 1. The molecular weight excluding hydrogens is 390 g/mol. The minimum Gasteiger partial charge on any atom is -0.365 e. The molecule has 0 unspecified atom stereocenters. The van der Waals surface area contributed by atoms with Gasteiger partial charge in [0.15, 0.2) is 0 Å². The van der Waals surface area contributed by atoms with Crippen molar-refractivity contribution in [2.45, 2.75) is 45.1 Å². The van der Waals surface area contributed by atoms with Crippen molar-refractivity contribution in [1.29, 1.82) is 0 Å². The van der Waals surface area contributed by atoms with Gasteiger partial charge < -0.3 is 11.1 Å². The number of thiophene rings is 1. The molecule has 2 heterocycles. The summed E-state index contributed by atoms with van der Waals surface area (Å²) in [5.74, 6) is -0.962. The van der Waals surface area contributed by atoms with Crippen LogP contribution in [0.2, 0.25) is 0 Å². The minimum absolute atomic E-state index is 0.343. The van der Waals surface area contributed by atoms with E-state index in [0.717, 1.165) is 40.8 Å². The standard InChI is InChI=1S/C20H21N5O3S/c1-2-14(25-20(28)11-7-3-5-9-13(11)23-24-25)18(27)22-19-16(17(21)26)12-8-4-6-10-15(12)29-19/h3,5,7,9,14H,2,4,6,8,10H2,1H3,(H2,21,26)(H,22,27)/t14-/m1/s1. The van der Waals surface area contributed by atoms with Gasteiger partial charge in [0.2, 0.25) is 5.91 Å². The number of carbonyl (C=O) groups is 2. The molecule has 0 spiro atoms. The van der Waals surface area contributed by atoms with E-state index in [4.69, 9.17) is 5.73 Å². The Hall–Kier alpha value is -3.07. The lowest BCUT2D eigenvalue weighted by Crippen LogP contribution is -2.35. The van der Waals surface area contributed by atoms with Crippen molar-refractivity contribution < 1.29 is 9.59 Å². The van der Waals surface area contributed by atoms with Gasteiger partial charge in [0.25, 0.3) is 11.5 Å². The van der Waals surface area contributed by atoms with E-state index in [1.165, 1.54) is 11.3 Å². The van der Waals surface area contributed by atoms with E-state index >= 15 is 0 Å². The smallest absolute Gasteiger partial charge is 0.278 e. The normalized spacial score (nSPS) is 14.4. The number of nitrogens with one attached hydrogen (secondary N) is 1. The molecule has 8 nitrogen and oxygen atoms in total. The Bertz CT molecular complexity index is 1170. The zero-order valence-corrected chi connectivity index (χ0v) is 16.8. The first-order valence-electron chi connectivity index (χ1n) is 9.60. The fraction of sp³-hybridized carbons (Fsp3) is 0.350. The topological polar surface area (TPSA) is 120 Å². The first-order valence-corrected chi connectivity index (χ1v) is 10.4. The zero-order valence-electron chi connectivity index (χ0n) is 16.0. The zero-order chi connectivity index (χ0) is 20.5. The molecular formula is C20H21N5O3S. The number of carbonyl (C=O) groups excluding carboxylic acids is 2. The third kappa shape index (κ3) is 3.42. The van der Waals surface area contributed by atoms with E-state index in [-0.39, 0.29) is 5.56 Å². The number of anilines is 1. The summed E-state index contributed by atoms with van der Waals surface area (Å²) < 4.78 is 1.11. The lowest BCUT2D eigenvalue weighted by Gasteiger charge is -2.16. The fourth-order valence-corrected chi connectivity index (χ4v) is 5.08. The Kier molecular flexibility index (Phi) is 5.14. The Morgan fingerprint density at radius 2 is 2.03 bits per heavy atom. The summed E-state index contributed by atoms with van der Waals surface area (Å²) in [5, 5.41) is 11.7. The van der Waals surface area contributed by atoms with Crippen LogP contribution in [-0.4, -0.2) is 26.8 Å². The van der Waals surface area contributed by atoms with Crippen LogP contribution >= 0.6 is 11.3 Å². The monoisotopic (exact) mass is 411 g/mol. The number of nitrogens with zero attached hydrogens (tertiary/aromatic N) is 3. The van der Waals surface area contributed by atoms with Crippen molar-refractivity contribution in [3.05, 3.63) is 50.6 Å². The predicted octanol–water partition coefficient (Wildman–Crippen LogP) is 2.42. The van der Waals surface area contributed by atoms with Crippen LogP contribution < -0.4 is 16.6 Å². The number of aromatic nitrogens is 3. The number of hydrogen-bond acceptors (Lipinski definition) is 6. The van der Waals surface area contributed by atoms with Crippen molar-refractivity contribution in [2.75, 3.05) is 5.32 Å². The lowest BCUT2D eigenvalue weighted by molar-refractivity contribution is -0.119. The van der Waals surface area contributed by atoms with E-state index in [1.807, 2.05) is 0 Å². The molecule has 1 aromatic carbocycles. The molecule has 0 aliphatic heterocycles. The van der Waals surface area contributed by atoms with Gasteiger partial charge in [0.1, 0.15) is 16.6 Å². The molecule has 2 aromatic heterocycles. The van der Waals surface area contributed by atoms with Crippen LogP contribution in [-0.2, 0) is 17.6 Å². The summed E-state index contributed by atoms with van der Waals surface area (Å²) in [6, 6.07) is 6.02. The average Bonchev–Trinajstić information content (AvgIpc) is 3.08. The lowest BCUT2D eigenvalue weighted by atomic mass is 9.95. The molecule has 4 rings (SSSR count). The molecule has 1 atom stereocenters. The van der Waals surface area contributed by atoms with Gasteiger partial charge in [-0.3, -0.25) is 14.4 Å². The summed E-state index contributed by atoms with van der Waals surface area (Å²) in [6.45, 7) is 1.79. The van der Waals surface area contributed by atoms with Crippen molar-refractivity contribution >= 4 is 39.1 Å². The number of hydrogen-bond donors (Lipinski definition) is 2. The molecule has 1 aliphatic rings. The van der Waals surface area contributed by atoms with Crippen LogP contribution in [0.1, 0.15) is 53.0 Å². The van der Waals surface area contributed by atoms with Crippen LogP contribution in [0.4, 0.5) is 5.00 Å². The molecule has 3 aromatic rings. The Morgan fingerprint density at radius 3 is 2.79 bits per heavy atom. The van der Waals surface area contributed by atoms with Gasteiger partial charge in [-0.1, -0.05) is 24.3 Å². The van der Waals surface area contributed by atoms with Gasteiger partial charge >= 0.3 is 0 Å². The van der Waals surface area contributed by atoms with Crippen LogP contribution in [0, 0.1) is 0 Å². The van der Waals surface area contributed by atoms with E-state index in [0.29, 0.717) is 27.9 Å². The number of fused-ring (bicyclic) bond motifs is 2. The molecule has 9 heteroatoms. The maximum atomic E-state index is 13.0. The number of rotatable bonds is 5. The highest BCUT2D eigenvalue weighted by atomic mass is 32.1. The third-order valence-electron chi connectivity index (χ3n) is 5.23. The van der Waals surface area contributed by atoms with Gasteiger partial charge in [-0.25, -0.2) is 0 Å². The quantitative estimate of drug-likeness (QED) is 0.668. The van der Waals surface area contributed by atoms with E-state index in [9.17, 15) is 14.4 Å². The van der Waals surface area contributed by atoms with Gasteiger partial charge in [-0.2, -0.15) is 4.68 Å². The van der Waals surface area contributed by atoms with Crippen molar-refractivity contribution in [1.82, 2.24) is 15.0 Å². The second-order valence-electron chi connectivity index (χ2n) is 7.05. The van der Waals surface area contributed by atoms with E-state index in [1.54, 1.807) is 31.2 Å². The Morgan fingerprint density at radius 1 is 1.28 bits per heavy atom. The van der Waals surface area contributed by atoms with Crippen LogP contribution in [0.3, 0.4) is 0 Å². The maximum absolute atomic E-state index is 13.0. The molecule has 1 aliphatic carbocycles. The molecule has 3 N–H and O–H groups in total. The van der Waals surface area contributed by atoms with Crippen LogP contribution in [0.15, 0.2) is 29.1 Å². The number of amides is 2. The van der Waals surface area contributed by atoms with Crippen molar-refractivity contribution in [2.24, 2.45) is 5.73 Å². The Labute approximate surface area is 170 Å². The summed E-state index contributed by atoms with van der Waals surface area (Å²) in [7, 11) is 0. The summed E-state index contributed by atoms with van der Waals surface area (Å²) in [4.78, 5) is 39.0. The molecule has 0 saturated carbocycles. The molecule has 150 valence electrons. The average molecular weight is 411 g/mol. The Balaban J connectivity index is 1.69. The molecule has 2 amide bonds. The van der Waals surface area contributed by atoms with Crippen molar-refractivity contribution in [3.63, 3.8) is 0 Å². The maximum Gasteiger partial charge on any atom is 0.278 e. The molecule has 0 bridgehead atoms. The van der Waals surface area contributed by atoms with Gasteiger partial charge in [-0.15, -0.1) is 16.4 Å². The predicted molar refractivity (Wildman–Crippen MR) is 111 cm³/mol. The third-order valence-corrected chi connectivity index (χ3v) is 6.44. The number of primary amides is 1. The highest BCUT2D eigenvalue weighted by molar-refractivity contribution is 7.17. The van der Waals surface area contributed by atoms with E-state index < -0.39 is 17.9 Å². The highest BCUT2D eigenvalue weighted by Crippen LogP contribution is 2.38. The molecule has 0 fully saturated rings. The van der Waals surface area contributed by atoms with E-state index in [2.05, 4.69) is 15.6 Å². The largest absolute Gasteiger partial charge is 0.365 e.